The van der Waals surface area contributed by atoms with Crippen LogP contribution in [0, 0.1) is 0 Å². The van der Waals surface area contributed by atoms with Gasteiger partial charge >= 0.3 is 17.9 Å². The van der Waals surface area contributed by atoms with Crippen molar-refractivity contribution >= 4 is 17.9 Å². The lowest BCUT2D eigenvalue weighted by Gasteiger charge is -2.18. The highest BCUT2D eigenvalue weighted by atomic mass is 16.6. The highest BCUT2D eigenvalue weighted by Gasteiger charge is 2.19. The summed E-state index contributed by atoms with van der Waals surface area (Å²) in [5.74, 6) is -0.876. The zero-order chi connectivity index (χ0) is 55.7. The minimum atomic E-state index is -0.782. The van der Waals surface area contributed by atoms with Crippen molar-refractivity contribution in [2.24, 2.45) is 0 Å². The number of allylic oxidation sites excluding steroid dienone is 8. The Kier molecular flexibility index (Phi) is 63.6. The number of carbonyl (C=O) groups is 3. The molecule has 0 saturated heterocycles. The molecule has 0 aromatic rings. The number of ether oxygens (including phenoxy) is 3. The van der Waals surface area contributed by atoms with Gasteiger partial charge < -0.3 is 14.2 Å². The maximum absolute atomic E-state index is 12.9. The summed E-state index contributed by atoms with van der Waals surface area (Å²) < 4.78 is 17.0. The number of hydrogen-bond acceptors (Lipinski definition) is 6. The first kappa shape index (κ1) is 74.4. The maximum Gasteiger partial charge on any atom is 0.306 e. The molecule has 0 spiro atoms. The van der Waals surface area contributed by atoms with E-state index in [1.807, 2.05) is 0 Å². The molecule has 0 heterocycles. The van der Waals surface area contributed by atoms with Gasteiger partial charge in [0.15, 0.2) is 6.10 Å². The normalized spacial score (nSPS) is 12.3. The Morgan fingerprint density at radius 1 is 0.273 bits per heavy atom. The second kappa shape index (κ2) is 65.9. The Morgan fingerprint density at radius 3 is 0.805 bits per heavy atom. The third kappa shape index (κ3) is 64.1. The molecule has 77 heavy (non-hydrogen) atoms. The fourth-order valence-electron chi connectivity index (χ4n) is 10.2. The van der Waals surface area contributed by atoms with Gasteiger partial charge in [0, 0.05) is 19.3 Å². The van der Waals surface area contributed by atoms with Crippen LogP contribution < -0.4 is 0 Å². The summed E-state index contributed by atoms with van der Waals surface area (Å²) in [6.45, 7) is 6.57. The highest BCUT2D eigenvalue weighted by Crippen LogP contribution is 2.18. The summed E-state index contributed by atoms with van der Waals surface area (Å²) in [7, 11) is 0. The summed E-state index contributed by atoms with van der Waals surface area (Å²) in [5, 5.41) is 0. The lowest BCUT2D eigenvalue weighted by Crippen LogP contribution is -2.30. The molecule has 0 amide bonds. The minimum absolute atomic E-state index is 0.0768. The fourth-order valence-corrected chi connectivity index (χ4v) is 10.2. The van der Waals surface area contributed by atoms with E-state index in [-0.39, 0.29) is 31.1 Å². The summed E-state index contributed by atoms with van der Waals surface area (Å²) >= 11 is 0. The minimum Gasteiger partial charge on any atom is -0.462 e. The average Bonchev–Trinajstić information content (AvgIpc) is 3.43. The van der Waals surface area contributed by atoms with E-state index in [4.69, 9.17) is 14.2 Å². The van der Waals surface area contributed by atoms with E-state index in [1.54, 1.807) is 0 Å². The third-order valence-electron chi connectivity index (χ3n) is 15.3. The van der Waals surface area contributed by atoms with E-state index in [0.29, 0.717) is 19.3 Å². The largest absolute Gasteiger partial charge is 0.462 e. The first-order valence-corrected chi connectivity index (χ1v) is 34.1. The topological polar surface area (TPSA) is 78.9 Å². The van der Waals surface area contributed by atoms with Crippen LogP contribution in [0.15, 0.2) is 48.6 Å². The standard InChI is InChI=1S/C71H130O6/c1-4-7-10-13-16-19-22-25-28-30-31-32-33-34-35-36-37-38-39-41-43-46-49-52-55-58-61-64-70(73)76-67-68(66-75-69(72)63-60-57-54-51-48-45-42-27-24-21-18-15-12-9-6-3)77-71(74)65-62-59-56-53-50-47-44-40-29-26-23-20-17-14-11-8-5-2/h9,12,18,21,26-27,29,42,68H,4-8,10-11,13-17,19-20,22-25,28,30-41,43-67H2,1-3H3/b12-9-,21-18-,29-26-,42-27-. The first-order valence-electron chi connectivity index (χ1n) is 34.1. The first-order chi connectivity index (χ1) is 38.0. The Labute approximate surface area is 479 Å². The molecule has 0 aliphatic carbocycles. The zero-order valence-electron chi connectivity index (χ0n) is 51.7. The molecule has 0 aromatic heterocycles. The smallest absolute Gasteiger partial charge is 0.306 e. The van der Waals surface area contributed by atoms with E-state index in [2.05, 4.69) is 69.4 Å². The quantitative estimate of drug-likeness (QED) is 0.0261. The number of hydrogen-bond donors (Lipinski definition) is 0. The summed E-state index contributed by atoms with van der Waals surface area (Å²) in [4.78, 5) is 38.4. The molecule has 0 saturated carbocycles. The average molecular weight is 1080 g/mol. The predicted molar refractivity (Wildman–Crippen MR) is 335 cm³/mol. The van der Waals surface area contributed by atoms with Gasteiger partial charge in [-0.1, -0.05) is 320 Å². The lowest BCUT2D eigenvalue weighted by molar-refractivity contribution is -0.167. The maximum atomic E-state index is 12.9. The van der Waals surface area contributed by atoms with Gasteiger partial charge in [0.1, 0.15) is 13.2 Å². The van der Waals surface area contributed by atoms with Crippen molar-refractivity contribution in [3.05, 3.63) is 48.6 Å². The molecule has 450 valence electrons. The number of unbranched alkanes of at least 4 members (excludes halogenated alkanes) is 44. The van der Waals surface area contributed by atoms with E-state index in [0.717, 1.165) is 96.3 Å². The van der Waals surface area contributed by atoms with Crippen molar-refractivity contribution in [1.29, 1.82) is 0 Å². The SMILES string of the molecule is CC/C=C\C/C=C\C/C=C\CCCCCCCC(=O)OCC(COC(=O)CCCCCCCCCCCCCCCCCCCCCCCCCCCCC)OC(=O)CCCCCCCCC/C=C\CCCCCCCC. The molecule has 6 heteroatoms. The van der Waals surface area contributed by atoms with Gasteiger partial charge in [0.25, 0.3) is 0 Å². The second-order valence-electron chi connectivity index (χ2n) is 23.1. The van der Waals surface area contributed by atoms with Crippen molar-refractivity contribution in [2.75, 3.05) is 13.2 Å². The van der Waals surface area contributed by atoms with E-state index >= 15 is 0 Å². The van der Waals surface area contributed by atoms with Gasteiger partial charge in [-0.05, 0) is 77.0 Å². The van der Waals surface area contributed by atoms with Crippen LogP contribution in [-0.2, 0) is 28.6 Å². The van der Waals surface area contributed by atoms with Crippen molar-refractivity contribution in [1.82, 2.24) is 0 Å². The molecule has 0 rings (SSSR count). The van der Waals surface area contributed by atoms with E-state index in [1.165, 1.54) is 231 Å². The molecule has 0 bridgehead atoms. The molecule has 0 fully saturated rings. The molecular formula is C71H130O6. The van der Waals surface area contributed by atoms with Crippen molar-refractivity contribution < 1.29 is 28.6 Å². The molecule has 0 aliphatic rings. The summed E-state index contributed by atoms with van der Waals surface area (Å²) in [5.41, 5.74) is 0. The van der Waals surface area contributed by atoms with Crippen LogP contribution in [-0.4, -0.2) is 37.2 Å². The van der Waals surface area contributed by atoms with E-state index in [9.17, 15) is 14.4 Å². The van der Waals surface area contributed by atoms with Crippen molar-refractivity contribution in [3.63, 3.8) is 0 Å². The molecule has 1 atom stereocenters. The number of rotatable bonds is 63. The Bertz CT molecular complexity index is 1330. The molecule has 0 N–H and O–H groups in total. The Balaban J connectivity index is 4.24. The fraction of sp³-hybridized carbons (Fsp3) is 0.845. The molecule has 0 aliphatic heterocycles. The van der Waals surface area contributed by atoms with Crippen LogP contribution in [0.4, 0.5) is 0 Å². The van der Waals surface area contributed by atoms with Crippen LogP contribution in [0.1, 0.15) is 367 Å². The van der Waals surface area contributed by atoms with Crippen molar-refractivity contribution in [2.45, 2.75) is 374 Å². The van der Waals surface area contributed by atoms with Crippen LogP contribution in [0.5, 0.6) is 0 Å². The molecule has 1 unspecified atom stereocenters. The van der Waals surface area contributed by atoms with Crippen LogP contribution in [0.25, 0.3) is 0 Å². The van der Waals surface area contributed by atoms with Gasteiger partial charge in [-0.25, -0.2) is 0 Å². The van der Waals surface area contributed by atoms with Gasteiger partial charge in [-0.2, -0.15) is 0 Å². The lowest BCUT2D eigenvalue weighted by atomic mass is 10.0. The van der Waals surface area contributed by atoms with Gasteiger partial charge in [-0.3, -0.25) is 14.4 Å². The van der Waals surface area contributed by atoms with Gasteiger partial charge in [0.2, 0.25) is 0 Å². The van der Waals surface area contributed by atoms with Gasteiger partial charge in [-0.15, -0.1) is 0 Å². The second-order valence-corrected chi connectivity index (χ2v) is 23.1. The molecule has 0 radical (unpaired) electrons. The zero-order valence-corrected chi connectivity index (χ0v) is 51.7. The Morgan fingerprint density at radius 2 is 0.506 bits per heavy atom. The molecule has 0 aromatic carbocycles. The van der Waals surface area contributed by atoms with E-state index < -0.39 is 6.10 Å². The van der Waals surface area contributed by atoms with Crippen LogP contribution in [0.3, 0.4) is 0 Å². The summed E-state index contributed by atoms with van der Waals surface area (Å²) in [6.07, 6.45) is 82.8. The summed E-state index contributed by atoms with van der Waals surface area (Å²) in [6, 6.07) is 0. The predicted octanol–water partition coefficient (Wildman–Crippen LogP) is 23.3. The van der Waals surface area contributed by atoms with Crippen LogP contribution in [0.2, 0.25) is 0 Å². The Hall–Kier alpha value is -2.63. The molecular weight excluding hydrogens is 949 g/mol. The van der Waals surface area contributed by atoms with Gasteiger partial charge in [0.05, 0.1) is 0 Å². The monoisotopic (exact) mass is 1080 g/mol. The number of carbonyl (C=O) groups excluding carboxylic acids is 3. The number of esters is 3. The van der Waals surface area contributed by atoms with Crippen LogP contribution >= 0.6 is 0 Å². The molecule has 6 nitrogen and oxygen atoms in total. The van der Waals surface area contributed by atoms with Crippen molar-refractivity contribution in [3.8, 4) is 0 Å². The highest BCUT2D eigenvalue weighted by molar-refractivity contribution is 5.71. The third-order valence-corrected chi connectivity index (χ3v) is 15.3.